The number of methoxy groups -OCH3 is 1. The smallest absolute Gasteiger partial charge is 0.247 e. The molecule has 8 heteroatoms. The van der Waals surface area contributed by atoms with Crippen LogP contribution < -0.4 is 10.1 Å². The number of halogens is 1. The number of rotatable bonds is 9. The highest BCUT2D eigenvalue weighted by Gasteiger charge is 2.34. The Labute approximate surface area is 155 Å². The van der Waals surface area contributed by atoms with E-state index in [0.29, 0.717) is 30.5 Å². The van der Waals surface area contributed by atoms with E-state index in [1.807, 2.05) is 13.8 Å². The minimum absolute atomic E-state index is 0.0480. The highest BCUT2D eigenvalue weighted by Crippen LogP contribution is 2.32. The molecule has 2 rings (SSSR count). The maximum absolute atomic E-state index is 13.3. The minimum Gasteiger partial charge on any atom is -0.487 e. The largest absolute Gasteiger partial charge is 0.487 e. The predicted octanol–water partition coefficient (Wildman–Crippen LogP) is 2.52. The van der Waals surface area contributed by atoms with E-state index < -0.39 is 10.0 Å². The zero-order chi connectivity index (χ0) is 18.4. The van der Waals surface area contributed by atoms with Crippen molar-refractivity contribution in [1.29, 1.82) is 0 Å². The SMILES string of the molecule is CCCN(C1CCNC1)S(=O)(=O)c1cc(Cl)ccc1OC(C)COC. The molecule has 2 atom stereocenters. The molecule has 6 nitrogen and oxygen atoms in total. The van der Waals surface area contributed by atoms with E-state index in [0.717, 1.165) is 19.4 Å². The quantitative estimate of drug-likeness (QED) is 0.701. The fourth-order valence-corrected chi connectivity index (χ4v) is 5.13. The molecule has 1 saturated heterocycles. The van der Waals surface area contributed by atoms with Gasteiger partial charge in [-0.05, 0) is 44.5 Å². The fraction of sp³-hybridized carbons (Fsp3) is 0.647. The maximum atomic E-state index is 13.3. The molecule has 1 aliphatic rings. The average molecular weight is 391 g/mol. The molecule has 1 aromatic rings. The number of sulfonamides is 1. The highest BCUT2D eigenvalue weighted by atomic mass is 35.5. The summed E-state index contributed by atoms with van der Waals surface area (Å²) in [7, 11) is -2.14. The van der Waals surface area contributed by atoms with Gasteiger partial charge in [-0.25, -0.2) is 8.42 Å². The monoisotopic (exact) mass is 390 g/mol. The van der Waals surface area contributed by atoms with Gasteiger partial charge in [-0.2, -0.15) is 4.31 Å². The third-order valence-corrected chi connectivity index (χ3v) is 6.32. The molecule has 1 aromatic carbocycles. The topological polar surface area (TPSA) is 67.9 Å². The fourth-order valence-electron chi connectivity index (χ4n) is 3.00. The molecule has 0 saturated carbocycles. The molecule has 0 aliphatic carbocycles. The Kier molecular flexibility index (Phi) is 7.51. The number of nitrogens with one attached hydrogen (secondary N) is 1. The van der Waals surface area contributed by atoms with Crippen molar-refractivity contribution in [2.75, 3.05) is 33.4 Å². The second kappa shape index (κ2) is 9.19. The number of benzene rings is 1. The molecule has 0 spiro atoms. The third kappa shape index (κ3) is 5.08. The average Bonchev–Trinajstić information content (AvgIpc) is 3.08. The van der Waals surface area contributed by atoms with Crippen LogP contribution in [0, 0.1) is 0 Å². The predicted molar refractivity (Wildman–Crippen MR) is 98.9 cm³/mol. The zero-order valence-corrected chi connectivity index (χ0v) is 16.6. The number of ether oxygens (including phenoxy) is 2. The van der Waals surface area contributed by atoms with Gasteiger partial charge in [0.25, 0.3) is 0 Å². The Morgan fingerprint density at radius 1 is 1.44 bits per heavy atom. The molecule has 2 unspecified atom stereocenters. The molecule has 142 valence electrons. The summed E-state index contributed by atoms with van der Waals surface area (Å²) in [5.41, 5.74) is 0. The summed E-state index contributed by atoms with van der Waals surface area (Å²) in [5, 5.41) is 3.60. The Hall–Kier alpha value is -0.860. The van der Waals surface area contributed by atoms with Crippen molar-refractivity contribution >= 4 is 21.6 Å². The van der Waals surface area contributed by atoms with E-state index >= 15 is 0 Å². The van der Waals surface area contributed by atoms with Crippen molar-refractivity contribution in [3.05, 3.63) is 23.2 Å². The lowest BCUT2D eigenvalue weighted by Gasteiger charge is -2.28. The standard InChI is InChI=1S/C17H27ClN2O4S/c1-4-9-20(15-7-8-19-11-15)25(21,22)17-10-14(18)5-6-16(17)24-13(2)12-23-3/h5-6,10,13,15,19H,4,7-9,11-12H2,1-3H3. The highest BCUT2D eigenvalue weighted by molar-refractivity contribution is 7.89. The molecule has 1 fully saturated rings. The summed E-state index contributed by atoms with van der Waals surface area (Å²) in [6, 6.07) is 4.67. The Morgan fingerprint density at radius 2 is 2.20 bits per heavy atom. The first-order valence-electron chi connectivity index (χ1n) is 8.57. The van der Waals surface area contributed by atoms with Crippen molar-refractivity contribution in [2.24, 2.45) is 0 Å². The number of hydrogen-bond acceptors (Lipinski definition) is 5. The van der Waals surface area contributed by atoms with Crippen molar-refractivity contribution in [3.63, 3.8) is 0 Å². The van der Waals surface area contributed by atoms with E-state index in [-0.39, 0.29) is 17.0 Å². The normalized spacial score (nSPS) is 19.3. The lowest BCUT2D eigenvalue weighted by molar-refractivity contribution is 0.0900. The summed E-state index contributed by atoms with van der Waals surface area (Å²) >= 11 is 6.09. The summed E-state index contributed by atoms with van der Waals surface area (Å²) in [6.07, 6.45) is 1.27. The van der Waals surface area contributed by atoms with E-state index in [2.05, 4.69) is 5.32 Å². The van der Waals surface area contributed by atoms with Gasteiger partial charge in [0, 0.05) is 31.3 Å². The Bertz CT molecular complexity index is 663. The first-order valence-corrected chi connectivity index (χ1v) is 10.4. The van der Waals surface area contributed by atoms with Gasteiger partial charge in [0.1, 0.15) is 16.7 Å². The minimum atomic E-state index is -3.72. The van der Waals surface area contributed by atoms with Gasteiger partial charge in [0.05, 0.1) is 6.61 Å². The third-order valence-electron chi connectivity index (χ3n) is 4.11. The molecular formula is C17H27ClN2O4S. The lowest BCUT2D eigenvalue weighted by atomic mass is 10.2. The summed E-state index contributed by atoms with van der Waals surface area (Å²) in [5.74, 6) is 0.306. The van der Waals surface area contributed by atoms with Crippen molar-refractivity contribution in [1.82, 2.24) is 9.62 Å². The molecule has 1 N–H and O–H groups in total. The molecule has 0 aromatic heterocycles. The van der Waals surface area contributed by atoms with Crippen LogP contribution in [0.15, 0.2) is 23.1 Å². The van der Waals surface area contributed by atoms with Gasteiger partial charge in [-0.15, -0.1) is 0 Å². The second-order valence-corrected chi connectivity index (χ2v) is 8.53. The van der Waals surface area contributed by atoms with Gasteiger partial charge in [-0.3, -0.25) is 0 Å². The molecule has 0 radical (unpaired) electrons. The zero-order valence-electron chi connectivity index (χ0n) is 15.0. The van der Waals surface area contributed by atoms with Gasteiger partial charge < -0.3 is 14.8 Å². The maximum Gasteiger partial charge on any atom is 0.247 e. The van der Waals surface area contributed by atoms with Crippen LogP contribution in [0.25, 0.3) is 0 Å². The number of hydrogen-bond donors (Lipinski definition) is 1. The lowest BCUT2D eigenvalue weighted by Crippen LogP contribution is -2.42. The second-order valence-electron chi connectivity index (χ2n) is 6.24. The Morgan fingerprint density at radius 3 is 2.80 bits per heavy atom. The van der Waals surface area contributed by atoms with Gasteiger partial charge in [0.15, 0.2) is 0 Å². The molecule has 0 amide bonds. The van der Waals surface area contributed by atoms with Crippen LogP contribution in [0.1, 0.15) is 26.7 Å². The Balaban J connectivity index is 2.40. The van der Waals surface area contributed by atoms with Gasteiger partial charge in [0.2, 0.25) is 10.0 Å². The molecule has 25 heavy (non-hydrogen) atoms. The van der Waals surface area contributed by atoms with Crippen LogP contribution in [-0.4, -0.2) is 58.2 Å². The van der Waals surface area contributed by atoms with Crippen LogP contribution in [0.4, 0.5) is 0 Å². The number of nitrogens with zero attached hydrogens (tertiary/aromatic N) is 1. The molecular weight excluding hydrogens is 364 g/mol. The van der Waals surface area contributed by atoms with Crippen molar-refractivity contribution < 1.29 is 17.9 Å². The first kappa shape index (κ1) is 20.5. The van der Waals surface area contributed by atoms with E-state index in [9.17, 15) is 8.42 Å². The van der Waals surface area contributed by atoms with Gasteiger partial charge >= 0.3 is 0 Å². The van der Waals surface area contributed by atoms with Crippen LogP contribution in [0.5, 0.6) is 5.75 Å². The molecule has 1 aliphatic heterocycles. The van der Waals surface area contributed by atoms with E-state index in [1.54, 1.807) is 23.5 Å². The van der Waals surface area contributed by atoms with Crippen LogP contribution in [-0.2, 0) is 14.8 Å². The molecule has 0 bridgehead atoms. The van der Waals surface area contributed by atoms with Crippen LogP contribution in [0.3, 0.4) is 0 Å². The summed E-state index contributed by atoms with van der Waals surface area (Å²) in [4.78, 5) is 0.114. The van der Waals surface area contributed by atoms with Gasteiger partial charge in [-0.1, -0.05) is 18.5 Å². The van der Waals surface area contributed by atoms with E-state index in [1.165, 1.54) is 6.07 Å². The van der Waals surface area contributed by atoms with Crippen molar-refractivity contribution in [2.45, 2.75) is 43.7 Å². The summed E-state index contributed by atoms with van der Waals surface area (Å²) in [6.45, 7) is 6.13. The first-order chi connectivity index (χ1) is 11.9. The molecule has 1 heterocycles. The van der Waals surface area contributed by atoms with E-state index in [4.69, 9.17) is 21.1 Å². The summed E-state index contributed by atoms with van der Waals surface area (Å²) < 4.78 is 39.2. The van der Waals surface area contributed by atoms with Crippen LogP contribution >= 0.6 is 11.6 Å². The van der Waals surface area contributed by atoms with Crippen molar-refractivity contribution in [3.8, 4) is 5.75 Å². The van der Waals surface area contributed by atoms with Crippen LogP contribution in [0.2, 0.25) is 5.02 Å².